The van der Waals surface area contributed by atoms with Crippen molar-refractivity contribution < 1.29 is 14.3 Å². The minimum absolute atomic E-state index is 0.0676. The summed E-state index contributed by atoms with van der Waals surface area (Å²) in [5.74, 6) is -0.585. The number of carbonyl (C=O) groups is 2. The Kier molecular flexibility index (Phi) is 6.14. The number of hydrogen-bond donors (Lipinski definition) is 2. The number of benzene rings is 2. The van der Waals surface area contributed by atoms with E-state index in [-0.39, 0.29) is 17.9 Å². The molecule has 26 heavy (non-hydrogen) atoms. The molecular formula is C19H18Cl2N2O3. The summed E-state index contributed by atoms with van der Waals surface area (Å²) in [5, 5.41) is 6.42. The van der Waals surface area contributed by atoms with Gasteiger partial charge in [-0.05, 0) is 49.2 Å². The maximum Gasteiger partial charge on any atom is 0.255 e. The highest BCUT2D eigenvalue weighted by atomic mass is 35.5. The van der Waals surface area contributed by atoms with Crippen LogP contribution in [0.15, 0.2) is 42.5 Å². The lowest BCUT2D eigenvalue weighted by atomic mass is 10.1. The second-order valence-corrected chi connectivity index (χ2v) is 6.91. The molecular weight excluding hydrogens is 375 g/mol. The molecule has 2 amide bonds. The van der Waals surface area contributed by atoms with Crippen molar-refractivity contribution >= 4 is 40.7 Å². The molecule has 0 saturated carbocycles. The fourth-order valence-electron chi connectivity index (χ4n) is 2.74. The van der Waals surface area contributed by atoms with Gasteiger partial charge < -0.3 is 15.4 Å². The van der Waals surface area contributed by atoms with Crippen molar-refractivity contribution in [1.82, 2.24) is 5.32 Å². The number of amides is 2. The van der Waals surface area contributed by atoms with Gasteiger partial charge >= 0.3 is 0 Å². The van der Waals surface area contributed by atoms with Crippen LogP contribution in [0.3, 0.4) is 0 Å². The topological polar surface area (TPSA) is 67.4 Å². The summed E-state index contributed by atoms with van der Waals surface area (Å²) in [6, 6.07) is 11.3. The number of nitrogens with one attached hydrogen (secondary N) is 2. The van der Waals surface area contributed by atoms with Gasteiger partial charge in [-0.15, -0.1) is 0 Å². The molecule has 0 radical (unpaired) electrons. The molecule has 0 spiro atoms. The van der Waals surface area contributed by atoms with Crippen molar-refractivity contribution in [2.75, 3.05) is 18.5 Å². The van der Waals surface area contributed by atoms with Crippen molar-refractivity contribution in [3.63, 3.8) is 0 Å². The van der Waals surface area contributed by atoms with Gasteiger partial charge in [0.2, 0.25) is 0 Å². The lowest BCUT2D eigenvalue weighted by Crippen LogP contribution is -2.31. The summed E-state index contributed by atoms with van der Waals surface area (Å²) < 4.78 is 5.49. The third-order valence-corrected chi connectivity index (χ3v) is 4.46. The van der Waals surface area contributed by atoms with Crippen molar-refractivity contribution in [3.8, 4) is 0 Å². The molecule has 1 heterocycles. The van der Waals surface area contributed by atoms with Gasteiger partial charge in [-0.25, -0.2) is 0 Å². The number of halogens is 2. The van der Waals surface area contributed by atoms with Crippen LogP contribution in [0.2, 0.25) is 10.0 Å². The lowest BCUT2D eigenvalue weighted by molar-refractivity contribution is 0.0858. The molecule has 1 fully saturated rings. The van der Waals surface area contributed by atoms with E-state index in [0.29, 0.717) is 33.4 Å². The molecule has 2 aromatic rings. The van der Waals surface area contributed by atoms with Gasteiger partial charge in [-0.2, -0.15) is 0 Å². The van der Waals surface area contributed by atoms with E-state index in [2.05, 4.69) is 10.6 Å². The third-order valence-electron chi connectivity index (χ3n) is 4.02. The van der Waals surface area contributed by atoms with Gasteiger partial charge in [0.1, 0.15) is 0 Å². The van der Waals surface area contributed by atoms with Crippen LogP contribution in [-0.4, -0.2) is 31.1 Å². The first-order chi connectivity index (χ1) is 12.5. The van der Waals surface area contributed by atoms with Gasteiger partial charge in [0.15, 0.2) is 0 Å². The molecule has 1 saturated heterocycles. The first-order valence-corrected chi connectivity index (χ1v) is 9.04. The van der Waals surface area contributed by atoms with Crippen LogP contribution >= 0.6 is 23.2 Å². The zero-order valence-corrected chi connectivity index (χ0v) is 15.4. The summed E-state index contributed by atoms with van der Waals surface area (Å²) in [7, 11) is 0. The fraction of sp³-hybridized carbons (Fsp3) is 0.263. The summed E-state index contributed by atoms with van der Waals surface area (Å²) >= 11 is 11.9. The first-order valence-electron chi connectivity index (χ1n) is 8.28. The summed E-state index contributed by atoms with van der Waals surface area (Å²) in [4.78, 5) is 24.7. The quantitative estimate of drug-likeness (QED) is 0.802. The normalized spacial score (nSPS) is 16.3. The number of carbonyl (C=O) groups excluding carboxylic acids is 2. The van der Waals surface area contributed by atoms with E-state index in [1.165, 1.54) is 0 Å². The molecule has 0 bridgehead atoms. The van der Waals surface area contributed by atoms with Gasteiger partial charge in [-0.1, -0.05) is 29.3 Å². The Morgan fingerprint density at radius 2 is 1.73 bits per heavy atom. The highest BCUT2D eigenvalue weighted by Gasteiger charge is 2.17. The Bertz CT molecular complexity index is 800. The molecule has 5 nitrogen and oxygen atoms in total. The molecule has 2 aromatic carbocycles. The molecule has 0 aromatic heterocycles. The minimum atomic E-state index is -0.350. The van der Waals surface area contributed by atoms with Crippen LogP contribution in [0.25, 0.3) is 0 Å². The first kappa shape index (κ1) is 18.7. The molecule has 1 aliphatic heterocycles. The van der Waals surface area contributed by atoms with Crippen molar-refractivity contribution in [1.29, 1.82) is 0 Å². The predicted octanol–water partition coefficient (Wildman–Crippen LogP) is 4.15. The van der Waals surface area contributed by atoms with Gasteiger partial charge in [0.05, 0.1) is 6.10 Å². The van der Waals surface area contributed by atoms with E-state index in [1.807, 2.05) is 0 Å². The lowest BCUT2D eigenvalue weighted by Gasteiger charge is -2.11. The third kappa shape index (κ3) is 4.97. The van der Waals surface area contributed by atoms with Crippen molar-refractivity contribution in [2.45, 2.75) is 18.9 Å². The van der Waals surface area contributed by atoms with Crippen LogP contribution in [0, 0.1) is 0 Å². The average molecular weight is 393 g/mol. The zero-order chi connectivity index (χ0) is 18.5. The second kappa shape index (κ2) is 8.54. The molecule has 136 valence electrons. The molecule has 0 aliphatic carbocycles. The summed E-state index contributed by atoms with van der Waals surface area (Å²) in [6.07, 6.45) is 2.03. The maximum atomic E-state index is 12.4. The number of rotatable bonds is 5. The Morgan fingerprint density at radius 1 is 1.04 bits per heavy atom. The second-order valence-electron chi connectivity index (χ2n) is 6.04. The van der Waals surface area contributed by atoms with E-state index in [4.69, 9.17) is 27.9 Å². The van der Waals surface area contributed by atoms with E-state index in [1.54, 1.807) is 42.5 Å². The Morgan fingerprint density at radius 3 is 2.38 bits per heavy atom. The average Bonchev–Trinajstić information content (AvgIpc) is 3.12. The SMILES string of the molecule is O=C(NCC1CCCO1)c1cccc(C(=O)Nc2cc(Cl)cc(Cl)c2)c1. The molecule has 7 heteroatoms. The standard InChI is InChI=1S/C19H18Cl2N2O3/c20-14-8-15(21)10-16(9-14)23-19(25)13-4-1-3-12(7-13)18(24)22-11-17-5-2-6-26-17/h1,3-4,7-10,17H,2,5-6,11H2,(H,22,24)(H,23,25). The van der Waals surface area contributed by atoms with Gasteiger partial charge in [0.25, 0.3) is 11.8 Å². The summed E-state index contributed by atoms with van der Waals surface area (Å²) in [6.45, 7) is 1.21. The van der Waals surface area contributed by atoms with Crippen LogP contribution in [0.4, 0.5) is 5.69 Å². The summed E-state index contributed by atoms with van der Waals surface area (Å²) in [5.41, 5.74) is 1.27. The largest absolute Gasteiger partial charge is 0.376 e. The minimum Gasteiger partial charge on any atom is -0.376 e. The number of anilines is 1. The van der Waals surface area contributed by atoms with E-state index in [9.17, 15) is 9.59 Å². The van der Waals surface area contributed by atoms with Gasteiger partial charge in [-0.3, -0.25) is 9.59 Å². The zero-order valence-electron chi connectivity index (χ0n) is 13.9. The van der Waals surface area contributed by atoms with E-state index >= 15 is 0 Å². The monoisotopic (exact) mass is 392 g/mol. The van der Waals surface area contributed by atoms with Gasteiger partial charge in [0, 0.05) is 40.0 Å². The molecule has 1 atom stereocenters. The molecule has 2 N–H and O–H groups in total. The fourth-order valence-corrected chi connectivity index (χ4v) is 3.27. The highest BCUT2D eigenvalue weighted by Crippen LogP contribution is 2.23. The smallest absolute Gasteiger partial charge is 0.255 e. The Balaban J connectivity index is 1.65. The predicted molar refractivity (Wildman–Crippen MR) is 102 cm³/mol. The molecule has 1 unspecified atom stereocenters. The van der Waals surface area contributed by atoms with E-state index < -0.39 is 0 Å². The Hall–Kier alpha value is -2.08. The highest BCUT2D eigenvalue weighted by molar-refractivity contribution is 6.35. The van der Waals surface area contributed by atoms with Crippen LogP contribution < -0.4 is 10.6 Å². The van der Waals surface area contributed by atoms with Crippen LogP contribution in [0.5, 0.6) is 0 Å². The van der Waals surface area contributed by atoms with Crippen LogP contribution in [0.1, 0.15) is 33.6 Å². The molecule has 1 aliphatic rings. The maximum absolute atomic E-state index is 12.4. The van der Waals surface area contributed by atoms with E-state index in [0.717, 1.165) is 19.4 Å². The number of hydrogen-bond acceptors (Lipinski definition) is 3. The van der Waals surface area contributed by atoms with Crippen molar-refractivity contribution in [2.24, 2.45) is 0 Å². The Labute approximate surface area is 161 Å². The molecule has 3 rings (SSSR count). The van der Waals surface area contributed by atoms with Crippen LogP contribution in [-0.2, 0) is 4.74 Å². The van der Waals surface area contributed by atoms with Crippen molar-refractivity contribution in [3.05, 3.63) is 63.6 Å². The number of ether oxygens (including phenoxy) is 1.